The molecule has 127 valence electrons. The molecule has 0 rings (SSSR count). The van der Waals surface area contributed by atoms with Crippen LogP contribution in [0.25, 0.3) is 0 Å². The van der Waals surface area contributed by atoms with E-state index >= 15 is 0 Å². The van der Waals surface area contributed by atoms with Crippen LogP contribution < -0.4 is 4.72 Å². The molecule has 5 heteroatoms. The van der Waals surface area contributed by atoms with Crippen LogP contribution in [-0.2, 0) is 14.9 Å². The molecular formula is C16H34NO3S. The Balaban J connectivity index is 3.03. The Morgan fingerprint density at radius 3 is 1.29 bits per heavy atom. The topological polar surface area (TPSA) is 66.1 Å². The van der Waals surface area contributed by atoms with E-state index in [2.05, 4.69) is 6.92 Å². The van der Waals surface area contributed by atoms with Crippen LogP contribution >= 0.6 is 0 Å². The van der Waals surface area contributed by atoms with Crippen molar-refractivity contribution in [2.24, 2.45) is 0 Å². The van der Waals surface area contributed by atoms with Crippen LogP contribution in [0.15, 0.2) is 0 Å². The molecule has 0 aromatic heterocycles. The van der Waals surface area contributed by atoms with Gasteiger partial charge in [0.25, 0.3) is 0 Å². The molecule has 1 radical (unpaired) electrons. The molecule has 0 heterocycles. The predicted octanol–water partition coefficient (Wildman–Crippen LogP) is 4.73. The van der Waals surface area contributed by atoms with Gasteiger partial charge in [0, 0.05) is 6.54 Å². The summed E-state index contributed by atoms with van der Waals surface area (Å²) in [4.78, 5) is 0. The molecule has 0 saturated carbocycles. The van der Waals surface area contributed by atoms with Crippen molar-refractivity contribution in [1.82, 2.24) is 4.72 Å². The third-order valence-electron chi connectivity index (χ3n) is 3.81. The maximum atomic E-state index is 10.3. The van der Waals surface area contributed by atoms with Gasteiger partial charge in [0.2, 0.25) is 0 Å². The van der Waals surface area contributed by atoms with Gasteiger partial charge in [-0.1, -0.05) is 94.9 Å². The van der Waals surface area contributed by atoms with Crippen molar-refractivity contribution >= 4 is 10.3 Å². The highest BCUT2D eigenvalue weighted by molar-refractivity contribution is 7.83. The third kappa shape index (κ3) is 19.9. The van der Waals surface area contributed by atoms with Crippen LogP contribution in [0.2, 0.25) is 0 Å². The fourth-order valence-corrected chi connectivity index (χ4v) is 2.91. The Morgan fingerprint density at radius 1 is 0.619 bits per heavy atom. The lowest BCUT2D eigenvalue weighted by Crippen LogP contribution is -2.22. The van der Waals surface area contributed by atoms with Crippen LogP contribution in [0, 0.1) is 0 Å². The summed E-state index contributed by atoms with van der Waals surface area (Å²) in [6.45, 7) is 2.53. The van der Waals surface area contributed by atoms with Crippen LogP contribution in [0.1, 0.15) is 96.8 Å². The quantitative estimate of drug-likeness (QED) is 0.418. The van der Waals surface area contributed by atoms with E-state index in [1.807, 2.05) is 4.72 Å². The van der Waals surface area contributed by atoms with Gasteiger partial charge in [0.1, 0.15) is 0 Å². The maximum absolute atomic E-state index is 10.3. The molecule has 0 aromatic rings. The fourth-order valence-electron chi connectivity index (χ4n) is 2.52. The van der Waals surface area contributed by atoms with Crippen molar-refractivity contribution in [3.05, 3.63) is 0 Å². The molecule has 0 aliphatic heterocycles. The predicted molar refractivity (Wildman–Crippen MR) is 87.9 cm³/mol. The van der Waals surface area contributed by atoms with Gasteiger partial charge < -0.3 is 0 Å². The molecule has 0 aromatic carbocycles. The molecule has 0 aliphatic carbocycles. The normalized spacial score (nSPS) is 11.9. The fraction of sp³-hybridized carbons (Fsp3) is 1.00. The second-order valence-corrected chi connectivity index (χ2v) is 7.14. The van der Waals surface area contributed by atoms with Gasteiger partial charge in [-0.05, 0) is 6.42 Å². The maximum Gasteiger partial charge on any atom is 0.363 e. The van der Waals surface area contributed by atoms with Gasteiger partial charge in [-0.25, -0.2) is 0 Å². The summed E-state index contributed by atoms with van der Waals surface area (Å²) >= 11 is 0. The highest BCUT2D eigenvalue weighted by Crippen LogP contribution is 2.12. The average molecular weight is 321 g/mol. The molecular weight excluding hydrogens is 286 g/mol. The van der Waals surface area contributed by atoms with Gasteiger partial charge in [-0.2, -0.15) is 13.1 Å². The van der Waals surface area contributed by atoms with E-state index in [1.54, 1.807) is 0 Å². The van der Waals surface area contributed by atoms with Crippen molar-refractivity contribution in [1.29, 1.82) is 0 Å². The largest absolute Gasteiger partial charge is 0.363 e. The summed E-state index contributed by atoms with van der Waals surface area (Å²) < 4.78 is 32.9. The second kappa shape index (κ2) is 14.8. The van der Waals surface area contributed by atoms with Gasteiger partial charge in [-0.3, -0.25) is 0 Å². The van der Waals surface area contributed by atoms with Crippen LogP contribution in [-0.4, -0.2) is 15.0 Å². The van der Waals surface area contributed by atoms with E-state index in [-0.39, 0.29) is 6.54 Å². The zero-order valence-electron chi connectivity index (χ0n) is 13.7. The number of hydrogen-bond donors (Lipinski definition) is 1. The van der Waals surface area contributed by atoms with Crippen LogP contribution in [0.5, 0.6) is 0 Å². The van der Waals surface area contributed by atoms with E-state index in [4.69, 9.17) is 0 Å². The minimum Gasteiger partial charge on any atom is -0.190 e. The first-order valence-electron chi connectivity index (χ1n) is 8.76. The lowest BCUT2D eigenvalue weighted by Gasteiger charge is -2.03. The minimum absolute atomic E-state index is 0.282. The highest BCUT2D eigenvalue weighted by Gasteiger charge is 2.02. The Kier molecular flexibility index (Phi) is 14.7. The summed E-state index contributed by atoms with van der Waals surface area (Å²) in [5.41, 5.74) is 0. The van der Waals surface area contributed by atoms with Crippen molar-refractivity contribution in [2.75, 3.05) is 6.54 Å². The molecule has 1 N–H and O–H groups in total. The standard InChI is InChI=1S/C16H34NO3S/c1-2-3-4-5-6-7-8-9-10-11-12-13-14-15-16-17-21(18,19)20/h17H,2-16H2,1H3. The molecule has 0 saturated heterocycles. The molecule has 0 fully saturated rings. The Bertz CT molecular complexity index is 305. The second-order valence-electron chi connectivity index (χ2n) is 5.94. The van der Waals surface area contributed by atoms with E-state index < -0.39 is 10.3 Å². The molecule has 0 bridgehead atoms. The van der Waals surface area contributed by atoms with Crippen LogP contribution in [0.3, 0.4) is 0 Å². The molecule has 0 atom stereocenters. The van der Waals surface area contributed by atoms with Gasteiger partial charge in [-0.15, -0.1) is 0 Å². The molecule has 0 amide bonds. The summed E-state index contributed by atoms with van der Waals surface area (Å²) in [6, 6.07) is 0. The van der Waals surface area contributed by atoms with Gasteiger partial charge in [0.15, 0.2) is 0 Å². The average Bonchev–Trinajstić information content (AvgIpc) is 2.42. The molecule has 4 nitrogen and oxygen atoms in total. The van der Waals surface area contributed by atoms with Crippen molar-refractivity contribution in [2.45, 2.75) is 96.8 Å². The lowest BCUT2D eigenvalue weighted by molar-refractivity contribution is 0.400. The monoisotopic (exact) mass is 320 g/mol. The van der Waals surface area contributed by atoms with Gasteiger partial charge >= 0.3 is 10.3 Å². The smallest absolute Gasteiger partial charge is 0.190 e. The molecule has 0 spiro atoms. The Morgan fingerprint density at radius 2 is 0.952 bits per heavy atom. The first-order chi connectivity index (χ1) is 10.1. The summed E-state index contributed by atoms with van der Waals surface area (Å²) in [5.74, 6) is 0. The van der Waals surface area contributed by atoms with Crippen molar-refractivity contribution < 1.29 is 13.0 Å². The highest BCUT2D eigenvalue weighted by atomic mass is 32.2. The molecule has 21 heavy (non-hydrogen) atoms. The zero-order valence-corrected chi connectivity index (χ0v) is 14.6. The number of unbranched alkanes of at least 4 members (excludes halogenated alkanes) is 13. The summed E-state index contributed by atoms with van der Waals surface area (Å²) in [7, 11) is -4.24. The summed E-state index contributed by atoms with van der Waals surface area (Å²) in [6.07, 6.45) is 17.7. The number of rotatable bonds is 16. The first-order valence-corrected chi connectivity index (χ1v) is 10.2. The van der Waals surface area contributed by atoms with E-state index in [0.29, 0.717) is 0 Å². The van der Waals surface area contributed by atoms with E-state index in [9.17, 15) is 13.0 Å². The molecule has 0 aliphatic rings. The lowest BCUT2D eigenvalue weighted by atomic mass is 10.0. The van der Waals surface area contributed by atoms with Crippen molar-refractivity contribution in [3.8, 4) is 0 Å². The van der Waals surface area contributed by atoms with Gasteiger partial charge in [0.05, 0.1) is 0 Å². The van der Waals surface area contributed by atoms with Crippen LogP contribution in [0.4, 0.5) is 0 Å². The first kappa shape index (κ1) is 20.9. The third-order valence-corrected chi connectivity index (χ3v) is 4.37. The Labute approximate surface area is 132 Å². The number of hydrogen-bond acceptors (Lipinski definition) is 2. The van der Waals surface area contributed by atoms with Crippen molar-refractivity contribution in [3.63, 3.8) is 0 Å². The SMILES string of the molecule is CCCCCCCCCCCCCCCCNS([O])(=O)=O. The summed E-state index contributed by atoms with van der Waals surface area (Å²) in [5, 5.41) is 0. The van der Waals surface area contributed by atoms with E-state index in [0.717, 1.165) is 19.3 Å². The Hall–Kier alpha value is -0.130. The minimum atomic E-state index is -4.24. The zero-order chi connectivity index (χ0) is 15.8. The number of nitrogens with one attached hydrogen (secondary N) is 1. The van der Waals surface area contributed by atoms with E-state index in [1.165, 1.54) is 70.6 Å². The molecule has 0 unspecified atom stereocenters.